The second-order valence-corrected chi connectivity index (χ2v) is 16.5. The normalized spacial score (nSPS) is 13.2. The molecule has 0 aliphatic carbocycles. The minimum atomic E-state index is -4.27. The highest BCUT2D eigenvalue weighted by atomic mass is 31.2. The van der Waals surface area contributed by atoms with Crippen LogP contribution in [0.2, 0.25) is 0 Å². The Labute approximate surface area is 321 Å². The minimum Gasteiger partial charge on any atom is -0.462 e. The number of esters is 2. The van der Waals surface area contributed by atoms with Crippen LogP contribution in [0.4, 0.5) is 0 Å². The van der Waals surface area contributed by atoms with E-state index < -0.39 is 19.9 Å². The summed E-state index contributed by atoms with van der Waals surface area (Å²) in [6.07, 6.45) is 40.2. The number of rotatable bonds is 42. The molecule has 0 spiro atoms. The molecule has 2 unspecified atom stereocenters. The van der Waals surface area contributed by atoms with Crippen molar-refractivity contribution in [3.8, 4) is 0 Å². The lowest BCUT2D eigenvalue weighted by Crippen LogP contribution is -2.29. The number of ether oxygens (including phenoxy) is 2. The molecular formula is C43H85O8P. The van der Waals surface area contributed by atoms with Gasteiger partial charge in [0.1, 0.15) is 6.61 Å². The molecule has 8 nitrogen and oxygen atoms in total. The first kappa shape index (κ1) is 51.0. The van der Waals surface area contributed by atoms with E-state index in [9.17, 15) is 19.0 Å². The zero-order valence-corrected chi connectivity index (χ0v) is 35.4. The highest BCUT2D eigenvalue weighted by molar-refractivity contribution is 7.47. The molecule has 0 heterocycles. The summed E-state index contributed by atoms with van der Waals surface area (Å²) in [4.78, 5) is 34.7. The molecule has 0 fully saturated rings. The summed E-state index contributed by atoms with van der Waals surface area (Å²) in [6, 6.07) is 0. The second-order valence-electron chi connectivity index (χ2n) is 15.1. The summed E-state index contributed by atoms with van der Waals surface area (Å²) in [6.45, 7) is 5.51. The van der Waals surface area contributed by atoms with Gasteiger partial charge in [-0.05, 0) is 19.8 Å². The van der Waals surface area contributed by atoms with Crippen molar-refractivity contribution < 1.29 is 37.6 Å². The molecule has 0 amide bonds. The fourth-order valence-corrected chi connectivity index (χ4v) is 7.39. The molecule has 0 saturated carbocycles. The summed E-state index contributed by atoms with van der Waals surface area (Å²) in [5.41, 5.74) is 0. The van der Waals surface area contributed by atoms with Crippen LogP contribution in [0, 0.1) is 0 Å². The van der Waals surface area contributed by atoms with Gasteiger partial charge in [-0.15, -0.1) is 0 Å². The molecule has 0 aliphatic heterocycles. The first-order valence-electron chi connectivity index (χ1n) is 22.3. The maximum Gasteiger partial charge on any atom is 0.472 e. The van der Waals surface area contributed by atoms with Gasteiger partial charge in [0.15, 0.2) is 6.10 Å². The van der Waals surface area contributed by atoms with Crippen LogP contribution >= 0.6 is 7.82 Å². The lowest BCUT2D eigenvalue weighted by molar-refractivity contribution is -0.161. The Morgan fingerprint density at radius 2 is 0.750 bits per heavy atom. The van der Waals surface area contributed by atoms with E-state index in [1.165, 1.54) is 167 Å². The van der Waals surface area contributed by atoms with Gasteiger partial charge >= 0.3 is 19.8 Å². The van der Waals surface area contributed by atoms with Gasteiger partial charge in [0.05, 0.1) is 13.2 Å². The highest BCUT2D eigenvalue weighted by Gasteiger charge is 2.25. The number of hydrogen-bond acceptors (Lipinski definition) is 7. The monoisotopic (exact) mass is 761 g/mol. The summed E-state index contributed by atoms with van der Waals surface area (Å²) >= 11 is 0. The Bertz CT molecular complexity index is 823. The largest absolute Gasteiger partial charge is 0.472 e. The van der Waals surface area contributed by atoms with Gasteiger partial charge in [0, 0.05) is 12.8 Å². The number of carbonyl (C=O) groups is 2. The molecule has 0 aliphatic rings. The van der Waals surface area contributed by atoms with E-state index in [1.54, 1.807) is 6.92 Å². The molecule has 0 bridgehead atoms. The van der Waals surface area contributed by atoms with Crippen molar-refractivity contribution in [2.75, 3.05) is 19.8 Å². The predicted molar refractivity (Wildman–Crippen MR) is 217 cm³/mol. The zero-order chi connectivity index (χ0) is 38.2. The van der Waals surface area contributed by atoms with Crippen molar-refractivity contribution in [1.29, 1.82) is 0 Å². The van der Waals surface area contributed by atoms with Crippen molar-refractivity contribution in [1.82, 2.24) is 0 Å². The zero-order valence-electron chi connectivity index (χ0n) is 34.5. The molecule has 1 N–H and O–H groups in total. The van der Waals surface area contributed by atoms with Crippen molar-refractivity contribution in [2.45, 2.75) is 245 Å². The molecule has 310 valence electrons. The quantitative estimate of drug-likeness (QED) is 0.0372. The Hall–Kier alpha value is -0.950. The van der Waals surface area contributed by atoms with Crippen LogP contribution in [0.3, 0.4) is 0 Å². The Morgan fingerprint density at radius 3 is 1.08 bits per heavy atom. The predicted octanol–water partition coefficient (Wildman–Crippen LogP) is 13.9. The Morgan fingerprint density at radius 1 is 0.442 bits per heavy atom. The standard InChI is InChI=1S/C43H85O8P/c1-4-7-9-11-13-15-17-18-19-20-21-22-23-24-25-26-28-30-32-34-36-38-43(45)51-41(40-50-52(46,47)49-6-3)39-48-42(44)37-35-33-31-29-27-16-14-12-10-8-5-2/h41H,4-40H2,1-3H3,(H,46,47). The van der Waals surface area contributed by atoms with Crippen molar-refractivity contribution in [3.63, 3.8) is 0 Å². The van der Waals surface area contributed by atoms with Crippen molar-refractivity contribution in [2.24, 2.45) is 0 Å². The Kier molecular flexibility index (Phi) is 39.0. The van der Waals surface area contributed by atoms with Gasteiger partial charge in [-0.2, -0.15) is 0 Å². The third kappa shape index (κ3) is 38.8. The van der Waals surface area contributed by atoms with Crippen molar-refractivity contribution >= 4 is 19.8 Å². The smallest absolute Gasteiger partial charge is 0.462 e. The molecule has 52 heavy (non-hydrogen) atoms. The maximum absolute atomic E-state index is 12.6. The van der Waals surface area contributed by atoms with Gasteiger partial charge in [-0.3, -0.25) is 18.6 Å². The maximum atomic E-state index is 12.6. The van der Waals surface area contributed by atoms with E-state index in [4.69, 9.17) is 18.5 Å². The first-order chi connectivity index (χ1) is 25.3. The van der Waals surface area contributed by atoms with Crippen LogP contribution in [0.5, 0.6) is 0 Å². The first-order valence-corrected chi connectivity index (χ1v) is 23.8. The average Bonchev–Trinajstić information content (AvgIpc) is 3.12. The van der Waals surface area contributed by atoms with Gasteiger partial charge in [-0.25, -0.2) is 4.57 Å². The number of phosphoric ester groups is 1. The van der Waals surface area contributed by atoms with Gasteiger partial charge < -0.3 is 14.4 Å². The van der Waals surface area contributed by atoms with Crippen LogP contribution in [0.25, 0.3) is 0 Å². The van der Waals surface area contributed by atoms with E-state index >= 15 is 0 Å². The van der Waals surface area contributed by atoms with Crippen LogP contribution in [-0.4, -0.2) is 42.8 Å². The lowest BCUT2D eigenvalue weighted by Gasteiger charge is -2.19. The Balaban J connectivity index is 3.95. The van der Waals surface area contributed by atoms with Crippen LogP contribution in [0.1, 0.15) is 239 Å². The van der Waals surface area contributed by atoms with Gasteiger partial charge in [0.25, 0.3) is 0 Å². The van der Waals surface area contributed by atoms with Crippen LogP contribution in [0.15, 0.2) is 0 Å². The summed E-state index contributed by atoms with van der Waals surface area (Å²) in [7, 11) is -4.27. The summed E-state index contributed by atoms with van der Waals surface area (Å²) in [5, 5.41) is 0. The minimum absolute atomic E-state index is 0.00561. The molecule has 0 saturated heterocycles. The third-order valence-corrected chi connectivity index (χ3v) is 11.0. The molecule has 0 radical (unpaired) electrons. The highest BCUT2D eigenvalue weighted by Crippen LogP contribution is 2.43. The summed E-state index contributed by atoms with van der Waals surface area (Å²) in [5.74, 6) is -0.782. The molecule has 0 rings (SSSR count). The van der Waals surface area contributed by atoms with E-state index in [0.717, 1.165) is 38.5 Å². The topological polar surface area (TPSA) is 108 Å². The van der Waals surface area contributed by atoms with Gasteiger partial charge in [0.2, 0.25) is 0 Å². The molecular weight excluding hydrogens is 675 g/mol. The fraction of sp³-hybridized carbons (Fsp3) is 0.953. The molecule has 2 atom stereocenters. The second kappa shape index (κ2) is 39.7. The van der Waals surface area contributed by atoms with E-state index in [1.807, 2.05) is 0 Å². The summed E-state index contributed by atoms with van der Waals surface area (Å²) < 4.78 is 32.6. The molecule has 0 aromatic heterocycles. The van der Waals surface area contributed by atoms with E-state index in [2.05, 4.69) is 13.8 Å². The SMILES string of the molecule is CCCCCCCCCCCCCCCCCCCCCCCC(=O)OC(COC(=O)CCCCCCCCCCCCC)COP(=O)(O)OCC. The van der Waals surface area contributed by atoms with Crippen LogP contribution in [-0.2, 0) is 32.7 Å². The lowest BCUT2D eigenvalue weighted by atomic mass is 10.0. The van der Waals surface area contributed by atoms with E-state index in [-0.39, 0.29) is 32.2 Å². The molecule has 0 aromatic carbocycles. The van der Waals surface area contributed by atoms with E-state index in [0.29, 0.717) is 6.42 Å². The third-order valence-electron chi connectivity index (χ3n) is 9.91. The van der Waals surface area contributed by atoms with Crippen LogP contribution < -0.4 is 0 Å². The fourth-order valence-electron chi connectivity index (χ4n) is 6.63. The van der Waals surface area contributed by atoms with Crippen molar-refractivity contribution in [3.05, 3.63) is 0 Å². The number of hydrogen-bond donors (Lipinski definition) is 1. The van der Waals surface area contributed by atoms with Gasteiger partial charge in [-0.1, -0.05) is 206 Å². The number of unbranched alkanes of at least 4 members (excludes halogenated alkanes) is 30. The average molecular weight is 761 g/mol. The number of phosphoric acid groups is 1. The molecule has 9 heteroatoms. The number of carbonyl (C=O) groups excluding carboxylic acids is 2. The molecule has 0 aromatic rings.